The number of aromatic nitrogens is 2. The number of esters is 1. The molecule has 0 radical (unpaired) electrons. The van der Waals surface area contributed by atoms with E-state index in [1.54, 1.807) is 25.3 Å². The SMILES string of the molecule is COc1ccc(CCC(=O)Nc2ccccc2C(=O)OCC(=O)Nc2nc(OC)cc(OC)n2)cc1. The van der Waals surface area contributed by atoms with Crippen LogP contribution in [0.2, 0.25) is 0 Å². The van der Waals surface area contributed by atoms with Crippen LogP contribution in [-0.4, -0.2) is 55.7 Å². The summed E-state index contributed by atoms with van der Waals surface area (Å²) < 4.78 is 20.3. The third-order valence-electron chi connectivity index (χ3n) is 4.90. The number of para-hydroxylation sites is 1. The number of benzene rings is 2. The van der Waals surface area contributed by atoms with Gasteiger partial charge in [0.15, 0.2) is 6.61 Å². The summed E-state index contributed by atoms with van der Waals surface area (Å²) in [5, 5.41) is 5.13. The van der Waals surface area contributed by atoms with Crippen molar-refractivity contribution in [2.45, 2.75) is 12.8 Å². The number of carbonyl (C=O) groups excluding carboxylic acids is 3. The Hall–Kier alpha value is -4.67. The van der Waals surface area contributed by atoms with Crippen molar-refractivity contribution < 1.29 is 33.3 Å². The Morgan fingerprint density at radius 3 is 2.11 bits per heavy atom. The molecule has 1 heterocycles. The van der Waals surface area contributed by atoms with Gasteiger partial charge < -0.3 is 24.3 Å². The predicted octanol–water partition coefficient (Wildman–Crippen LogP) is 2.87. The molecule has 0 aliphatic heterocycles. The van der Waals surface area contributed by atoms with E-state index in [4.69, 9.17) is 18.9 Å². The van der Waals surface area contributed by atoms with E-state index in [0.29, 0.717) is 6.42 Å². The van der Waals surface area contributed by atoms with E-state index in [2.05, 4.69) is 20.6 Å². The molecule has 0 saturated carbocycles. The molecule has 0 bridgehead atoms. The Bertz CT molecular complexity index is 1190. The highest BCUT2D eigenvalue weighted by atomic mass is 16.5. The van der Waals surface area contributed by atoms with Crippen molar-refractivity contribution in [3.05, 3.63) is 65.7 Å². The molecule has 188 valence electrons. The van der Waals surface area contributed by atoms with Gasteiger partial charge in [-0.2, -0.15) is 9.97 Å². The fourth-order valence-corrected chi connectivity index (χ4v) is 3.07. The number of hydrogen-bond donors (Lipinski definition) is 2. The highest BCUT2D eigenvalue weighted by Crippen LogP contribution is 2.19. The first-order valence-corrected chi connectivity index (χ1v) is 10.9. The van der Waals surface area contributed by atoms with Crippen molar-refractivity contribution in [2.24, 2.45) is 0 Å². The molecular formula is C25H26N4O7. The molecule has 0 aliphatic rings. The van der Waals surface area contributed by atoms with Crippen molar-refractivity contribution in [3.63, 3.8) is 0 Å². The third-order valence-corrected chi connectivity index (χ3v) is 4.90. The van der Waals surface area contributed by atoms with Crippen molar-refractivity contribution >= 4 is 29.4 Å². The van der Waals surface area contributed by atoms with Gasteiger partial charge in [-0.1, -0.05) is 24.3 Å². The molecule has 1 aromatic heterocycles. The van der Waals surface area contributed by atoms with E-state index in [1.807, 2.05) is 24.3 Å². The van der Waals surface area contributed by atoms with Crippen LogP contribution >= 0.6 is 0 Å². The lowest BCUT2D eigenvalue weighted by Gasteiger charge is -2.11. The van der Waals surface area contributed by atoms with E-state index in [0.717, 1.165) is 11.3 Å². The highest BCUT2D eigenvalue weighted by Gasteiger charge is 2.17. The Morgan fingerprint density at radius 1 is 0.806 bits per heavy atom. The van der Waals surface area contributed by atoms with E-state index in [9.17, 15) is 14.4 Å². The second-order valence-electron chi connectivity index (χ2n) is 7.34. The number of aryl methyl sites for hydroxylation is 1. The number of nitrogens with one attached hydrogen (secondary N) is 2. The summed E-state index contributed by atoms with van der Waals surface area (Å²) in [7, 11) is 4.40. The first-order chi connectivity index (χ1) is 17.4. The van der Waals surface area contributed by atoms with Crippen LogP contribution in [0.4, 0.5) is 11.6 Å². The Balaban J connectivity index is 1.55. The first kappa shape index (κ1) is 25.9. The summed E-state index contributed by atoms with van der Waals surface area (Å²) in [6, 6.07) is 15.2. The standard InChI is InChI=1S/C25H26N4O7/c1-33-17-11-8-16(9-12-17)10-13-20(30)26-19-7-5-4-6-18(19)24(32)36-15-21(31)27-25-28-22(34-2)14-23(29-25)35-3/h4-9,11-12,14H,10,13,15H2,1-3H3,(H,26,30)(H,27,28,29,31). The minimum atomic E-state index is -0.777. The molecule has 11 heteroatoms. The quantitative estimate of drug-likeness (QED) is 0.385. The van der Waals surface area contributed by atoms with Gasteiger partial charge in [-0.25, -0.2) is 4.79 Å². The van der Waals surface area contributed by atoms with Crippen molar-refractivity contribution in [2.75, 3.05) is 38.6 Å². The number of carbonyl (C=O) groups is 3. The van der Waals surface area contributed by atoms with Crippen molar-refractivity contribution in [1.29, 1.82) is 0 Å². The van der Waals surface area contributed by atoms with Crippen molar-refractivity contribution in [1.82, 2.24) is 9.97 Å². The van der Waals surface area contributed by atoms with Gasteiger partial charge in [-0.05, 0) is 36.2 Å². The molecular weight excluding hydrogens is 468 g/mol. The Labute approximate surface area is 207 Å². The molecule has 2 amide bonds. The van der Waals surface area contributed by atoms with Crippen molar-refractivity contribution in [3.8, 4) is 17.5 Å². The van der Waals surface area contributed by atoms with Gasteiger partial charge in [0.1, 0.15) is 5.75 Å². The number of methoxy groups -OCH3 is 3. The monoisotopic (exact) mass is 494 g/mol. The molecule has 2 aromatic carbocycles. The summed E-state index contributed by atoms with van der Waals surface area (Å²) >= 11 is 0. The van der Waals surface area contributed by atoms with Gasteiger partial charge in [0.2, 0.25) is 23.6 Å². The molecule has 3 aromatic rings. The largest absolute Gasteiger partial charge is 0.497 e. The Morgan fingerprint density at radius 2 is 1.47 bits per heavy atom. The highest BCUT2D eigenvalue weighted by molar-refractivity contribution is 6.02. The summed E-state index contributed by atoms with van der Waals surface area (Å²) in [4.78, 5) is 45.3. The zero-order valence-electron chi connectivity index (χ0n) is 20.1. The molecule has 0 saturated heterocycles. The smallest absolute Gasteiger partial charge is 0.340 e. The molecule has 0 unspecified atom stereocenters. The second-order valence-corrected chi connectivity index (χ2v) is 7.34. The summed E-state index contributed by atoms with van der Waals surface area (Å²) in [5.41, 5.74) is 1.37. The van der Waals surface area contributed by atoms with Crippen LogP contribution in [-0.2, 0) is 20.7 Å². The topological polar surface area (TPSA) is 138 Å². The van der Waals surface area contributed by atoms with E-state index < -0.39 is 18.5 Å². The van der Waals surface area contributed by atoms with Crippen LogP contribution in [0.3, 0.4) is 0 Å². The Kier molecular flexibility index (Phi) is 9.15. The van der Waals surface area contributed by atoms with Crippen LogP contribution in [0, 0.1) is 0 Å². The van der Waals surface area contributed by atoms with Gasteiger partial charge >= 0.3 is 5.97 Å². The first-order valence-electron chi connectivity index (χ1n) is 10.9. The maximum atomic E-state index is 12.6. The fraction of sp³-hybridized carbons (Fsp3) is 0.240. The molecule has 36 heavy (non-hydrogen) atoms. The van der Waals surface area contributed by atoms with Gasteiger partial charge in [0.25, 0.3) is 5.91 Å². The summed E-state index contributed by atoms with van der Waals surface area (Å²) in [5.74, 6) is -0.679. The minimum Gasteiger partial charge on any atom is -0.497 e. The lowest BCUT2D eigenvalue weighted by atomic mass is 10.1. The molecule has 0 spiro atoms. The van der Waals surface area contributed by atoms with E-state index in [-0.39, 0.29) is 41.3 Å². The average molecular weight is 495 g/mol. The van der Waals surface area contributed by atoms with E-state index in [1.165, 1.54) is 26.4 Å². The van der Waals surface area contributed by atoms with Crippen LogP contribution in [0.5, 0.6) is 17.5 Å². The summed E-state index contributed by atoms with van der Waals surface area (Å²) in [6.07, 6.45) is 0.724. The van der Waals surface area contributed by atoms with Gasteiger partial charge in [-0.3, -0.25) is 14.9 Å². The van der Waals surface area contributed by atoms with E-state index >= 15 is 0 Å². The van der Waals surface area contributed by atoms with Crippen LogP contribution in [0.1, 0.15) is 22.3 Å². The number of hydrogen-bond acceptors (Lipinski definition) is 9. The zero-order valence-corrected chi connectivity index (χ0v) is 20.1. The number of amides is 2. The molecule has 0 atom stereocenters. The fourth-order valence-electron chi connectivity index (χ4n) is 3.07. The minimum absolute atomic E-state index is 0.0724. The lowest BCUT2D eigenvalue weighted by molar-refractivity contribution is -0.119. The predicted molar refractivity (Wildman–Crippen MR) is 130 cm³/mol. The summed E-state index contributed by atoms with van der Waals surface area (Å²) in [6.45, 7) is -0.596. The normalized spacial score (nSPS) is 10.2. The number of anilines is 2. The third kappa shape index (κ3) is 7.42. The second kappa shape index (κ2) is 12.7. The molecule has 0 aliphatic carbocycles. The maximum Gasteiger partial charge on any atom is 0.340 e. The maximum absolute atomic E-state index is 12.6. The van der Waals surface area contributed by atoms with Gasteiger partial charge in [0, 0.05) is 6.42 Å². The number of rotatable bonds is 11. The van der Waals surface area contributed by atoms with Crippen LogP contribution in [0.15, 0.2) is 54.6 Å². The molecule has 0 fully saturated rings. The number of nitrogens with zero attached hydrogens (tertiary/aromatic N) is 2. The van der Waals surface area contributed by atoms with Crippen LogP contribution in [0.25, 0.3) is 0 Å². The van der Waals surface area contributed by atoms with Gasteiger partial charge in [0.05, 0.1) is 38.6 Å². The molecule has 11 nitrogen and oxygen atoms in total. The molecule has 3 rings (SSSR count). The average Bonchev–Trinajstić information content (AvgIpc) is 2.90. The van der Waals surface area contributed by atoms with Crippen LogP contribution < -0.4 is 24.8 Å². The molecule has 2 N–H and O–H groups in total. The lowest BCUT2D eigenvalue weighted by Crippen LogP contribution is -2.23. The zero-order chi connectivity index (χ0) is 25.9. The number of ether oxygens (including phenoxy) is 4. The van der Waals surface area contributed by atoms with Gasteiger partial charge in [-0.15, -0.1) is 0 Å².